The van der Waals surface area contributed by atoms with E-state index in [-0.39, 0.29) is 11.6 Å². The number of alkyl halides is 6. The number of carbonyl (C=O) groups is 1. The highest BCUT2D eigenvalue weighted by atomic mass is 19.4. The molecule has 3 heterocycles. The highest BCUT2D eigenvalue weighted by Gasteiger charge is 2.40. The fourth-order valence-corrected chi connectivity index (χ4v) is 3.30. The number of fused-ring (bicyclic) bond motifs is 2. The molecule has 0 unspecified atom stereocenters. The van der Waals surface area contributed by atoms with Gasteiger partial charge >= 0.3 is 12.4 Å². The van der Waals surface area contributed by atoms with Gasteiger partial charge in [0.1, 0.15) is 11.4 Å². The van der Waals surface area contributed by atoms with Gasteiger partial charge in [-0.15, -0.1) is 0 Å². The van der Waals surface area contributed by atoms with Crippen molar-refractivity contribution in [3.05, 3.63) is 53.1 Å². The van der Waals surface area contributed by atoms with Crippen molar-refractivity contribution in [1.29, 1.82) is 0 Å². The molecule has 32 heavy (non-hydrogen) atoms. The number of benzene rings is 2. The molecule has 6 nitrogen and oxygen atoms in total. The number of phenolic OH excluding ortho intramolecular Hbond substituents is 1. The number of hydrogen-bond donors (Lipinski definition) is 2. The molecule has 2 N–H and O–H groups in total. The van der Waals surface area contributed by atoms with Gasteiger partial charge in [0.2, 0.25) is 0 Å². The third-order valence-electron chi connectivity index (χ3n) is 4.51. The van der Waals surface area contributed by atoms with Crippen molar-refractivity contribution >= 4 is 22.8 Å². The maximum atomic E-state index is 13.6. The topological polar surface area (TPSA) is 80.3 Å². The summed E-state index contributed by atoms with van der Waals surface area (Å²) in [5, 5.41) is 15.3. The van der Waals surface area contributed by atoms with Crippen LogP contribution in [0.4, 0.5) is 36.4 Å². The second-order valence-corrected chi connectivity index (χ2v) is 6.82. The molecule has 1 aromatic carbocycles. The lowest BCUT2D eigenvalue weighted by Gasteiger charge is -2.12. The number of carbonyl (C=O) groups excluding carboxylic acids is 1. The third-order valence-corrected chi connectivity index (χ3v) is 4.51. The van der Waals surface area contributed by atoms with E-state index in [0.717, 1.165) is 16.9 Å². The van der Waals surface area contributed by atoms with Crippen LogP contribution in [0.3, 0.4) is 0 Å². The SMILES string of the molecule is Cn1cc(-c2c(C(=O)Nc3cc(F)cc(C(F)(F)F)c3)c3cc(O)c2o3)c(C(F)(F)F)n1. The minimum Gasteiger partial charge on any atom is -0.504 e. The molecular formula is C19H10F7N3O3. The molecule has 0 saturated carbocycles. The van der Waals surface area contributed by atoms with Crippen LogP contribution in [-0.2, 0) is 19.4 Å². The Hall–Kier alpha value is -3.77. The van der Waals surface area contributed by atoms with Gasteiger partial charge in [-0.1, -0.05) is 0 Å². The molecule has 4 aromatic rings. The molecule has 0 aliphatic heterocycles. The maximum absolute atomic E-state index is 13.6. The first-order valence-electron chi connectivity index (χ1n) is 8.64. The van der Waals surface area contributed by atoms with Crippen LogP contribution < -0.4 is 5.32 Å². The number of hydrogen-bond acceptors (Lipinski definition) is 4. The molecule has 0 saturated heterocycles. The Balaban J connectivity index is 1.83. The van der Waals surface area contributed by atoms with E-state index in [4.69, 9.17) is 4.42 Å². The van der Waals surface area contributed by atoms with E-state index in [2.05, 4.69) is 5.10 Å². The molecule has 0 aliphatic carbocycles. The minimum absolute atomic E-state index is 0.220. The first-order valence-corrected chi connectivity index (χ1v) is 8.64. The summed E-state index contributed by atoms with van der Waals surface area (Å²) in [4.78, 5) is 12.8. The van der Waals surface area contributed by atoms with Crippen LogP contribution >= 0.6 is 0 Å². The molecule has 168 valence electrons. The Kier molecular flexibility index (Phi) is 4.61. The Morgan fingerprint density at radius 1 is 1.09 bits per heavy atom. The van der Waals surface area contributed by atoms with E-state index in [1.165, 1.54) is 7.05 Å². The average molecular weight is 461 g/mol. The smallest absolute Gasteiger partial charge is 0.435 e. The fraction of sp³-hybridized carbons (Fsp3) is 0.158. The summed E-state index contributed by atoms with van der Waals surface area (Å²) in [6.07, 6.45) is -8.89. The number of aryl methyl sites for hydroxylation is 1. The molecule has 2 bridgehead atoms. The zero-order valence-electron chi connectivity index (χ0n) is 15.7. The largest absolute Gasteiger partial charge is 0.504 e. The Labute approximate surface area is 173 Å². The van der Waals surface area contributed by atoms with Crippen molar-refractivity contribution in [2.45, 2.75) is 12.4 Å². The van der Waals surface area contributed by atoms with Gasteiger partial charge in [-0.25, -0.2) is 4.39 Å². The van der Waals surface area contributed by atoms with Crippen molar-refractivity contribution < 1.29 is 45.1 Å². The number of halogens is 7. The number of rotatable bonds is 3. The predicted octanol–water partition coefficient (Wildman–Crippen LogP) is 5.41. The van der Waals surface area contributed by atoms with E-state index in [9.17, 15) is 40.6 Å². The van der Waals surface area contributed by atoms with Crippen LogP contribution in [0.5, 0.6) is 5.75 Å². The van der Waals surface area contributed by atoms with Gasteiger partial charge in [0.15, 0.2) is 17.0 Å². The van der Waals surface area contributed by atoms with E-state index >= 15 is 0 Å². The van der Waals surface area contributed by atoms with Gasteiger partial charge in [-0.2, -0.15) is 31.4 Å². The van der Waals surface area contributed by atoms with Crippen LogP contribution in [0.15, 0.2) is 34.9 Å². The molecule has 0 fully saturated rings. The van der Waals surface area contributed by atoms with Gasteiger partial charge in [-0.3, -0.25) is 9.48 Å². The summed E-state index contributed by atoms with van der Waals surface area (Å²) >= 11 is 0. The molecule has 0 aliphatic rings. The standard InChI is InChI=1S/C19H10F7N3O3/c1-29-6-10(16(28-29)19(24,25)26)13-14(12-5-11(30)15(13)32-12)17(31)27-9-3-7(18(21,22)23)2-8(20)4-9/h2-6,30H,1H3,(H,27,31). The van der Waals surface area contributed by atoms with E-state index in [1.54, 1.807) is 0 Å². The van der Waals surface area contributed by atoms with E-state index in [0.29, 0.717) is 12.1 Å². The maximum Gasteiger partial charge on any atom is 0.435 e. The number of nitrogens with one attached hydrogen (secondary N) is 1. The second-order valence-electron chi connectivity index (χ2n) is 6.82. The third kappa shape index (κ3) is 3.59. The average Bonchev–Trinajstić information content (AvgIpc) is 3.31. The Morgan fingerprint density at radius 2 is 1.78 bits per heavy atom. The molecular weight excluding hydrogens is 451 g/mol. The Bertz CT molecular complexity index is 1330. The Morgan fingerprint density at radius 3 is 2.41 bits per heavy atom. The number of phenols is 1. The van der Waals surface area contributed by atoms with Crippen LogP contribution in [-0.4, -0.2) is 20.8 Å². The fourth-order valence-electron chi connectivity index (χ4n) is 3.30. The number of amides is 1. The number of anilines is 1. The molecule has 0 atom stereocenters. The van der Waals surface area contributed by atoms with Crippen LogP contribution in [0.25, 0.3) is 22.3 Å². The number of furan rings is 2. The molecule has 0 spiro atoms. The number of nitrogens with zero attached hydrogens (tertiary/aromatic N) is 2. The van der Waals surface area contributed by atoms with E-state index in [1.807, 2.05) is 5.32 Å². The van der Waals surface area contributed by atoms with Crippen LogP contribution in [0, 0.1) is 5.82 Å². The summed E-state index contributed by atoms with van der Waals surface area (Å²) in [7, 11) is 1.20. The molecule has 13 heteroatoms. The van der Waals surface area contributed by atoms with Gasteiger partial charge < -0.3 is 14.8 Å². The molecule has 0 radical (unpaired) electrons. The molecule has 3 aromatic heterocycles. The van der Waals surface area contributed by atoms with Crippen molar-refractivity contribution in [2.24, 2.45) is 7.05 Å². The number of aromatic nitrogens is 2. The normalized spacial score (nSPS) is 12.6. The van der Waals surface area contributed by atoms with Crippen molar-refractivity contribution in [2.75, 3.05) is 5.32 Å². The summed E-state index contributed by atoms with van der Waals surface area (Å²) < 4.78 is 98.8. The molecule has 1 amide bonds. The second kappa shape index (κ2) is 6.87. The van der Waals surface area contributed by atoms with Crippen LogP contribution in [0.1, 0.15) is 21.6 Å². The highest BCUT2D eigenvalue weighted by Crippen LogP contribution is 2.46. The first kappa shape index (κ1) is 21.5. The lowest BCUT2D eigenvalue weighted by molar-refractivity contribution is -0.141. The summed E-state index contributed by atoms with van der Waals surface area (Å²) in [5.74, 6) is -3.02. The monoisotopic (exact) mass is 461 g/mol. The zero-order valence-corrected chi connectivity index (χ0v) is 15.7. The lowest BCUT2D eigenvalue weighted by atomic mass is 9.98. The van der Waals surface area contributed by atoms with E-state index < -0.39 is 69.0 Å². The lowest BCUT2D eigenvalue weighted by Crippen LogP contribution is -2.15. The highest BCUT2D eigenvalue weighted by molar-refractivity contribution is 6.17. The summed E-state index contributed by atoms with van der Waals surface area (Å²) in [6.45, 7) is 0. The predicted molar refractivity (Wildman–Crippen MR) is 95.6 cm³/mol. The zero-order chi connectivity index (χ0) is 23.6. The number of aromatic hydroxyl groups is 1. The summed E-state index contributed by atoms with van der Waals surface area (Å²) in [6, 6.07) is 2.26. The van der Waals surface area contributed by atoms with Gasteiger partial charge in [-0.05, 0) is 18.2 Å². The summed E-state index contributed by atoms with van der Waals surface area (Å²) in [5.41, 5.74) is -5.64. The van der Waals surface area contributed by atoms with Gasteiger partial charge in [0.25, 0.3) is 5.91 Å². The van der Waals surface area contributed by atoms with Gasteiger partial charge in [0.05, 0.1) is 11.1 Å². The first-order chi connectivity index (χ1) is 14.8. The van der Waals surface area contributed by atoms with Crippen molar-refractivity contribution in [3.63, 3.8) is 0 Å². The minimum atomic E-state index is -4.93. The van der Waals surface area contributed by atoms with Gasteiger partial charge in [0, 0.05) is 36.1 Å². The van der Waals surface area contributed by atoms with Crippen molar-refractivity contribution in [3.8, 4) is 16.9 Å². The van der Waals surface area contributed by atoms with Crippen LogP contribution in [0.2, 0.25) is 0 Å². The quantitative estimate of drug-likeness (QED) is 0.400. The van der Waals surface area contributed by atoms with Crippen molar-refractivity contribution in [1.82, 2.24) is 9.78 Å². The molecule has 4 rings (SSSR count).